The number of hydrogen-bond acceptors (Lipinski definition) is 2. The molecule has 2 rings (SSSR count). The van der Waals surface area contributed by atoms with Gasteiger partial charge in [0.1, 0.15) is 12.4 Å². The molecule has 1 unspecified atom stereocenters. The predicted octanol–water partition coefficient (Wildman–Crippen LogP) is 5.16. The Labute approximate surface area is 136 Å². The zero-order valence-corrected chi connectivity index (χ0v) is 13.9. The monoisotopic (exact) mass is 323 g/mol. The van der Waals surface area contributed by atoms with E-state index in [2.05, 4.69) is 12.2 Å². The first-order valence-corrected chi connectivity index (χ1v) is 7.61. The summed E-state index contributed by atoms with van der Waals surface area (Å²) in [6.45, 7) is 4.52. The molecule has 0 aliphatic heterocycles. The molecule has 0 spiro atoms. The normalized spacial score (nSPS) is 12.2. The number of nitrogens with one attached hydrogen (secondary N) is 1. The number of benzene rings is 2. The second-order valence-corrected chi connectivity index (χ2v) is 5.92. The number of ether oxygens (including phenoxy) is 1. The molecule has 0 fully saturated rings. The lowest BCUT2D eigenvalue weighted by Crippen LogP contribution is -2.13. The maximum absolute atomic E-state index is 6.24. The van der Waals surface area contributed by atoms with Crippen molar-refractivity contribution in [2.45, 2.75) is 26.5 Å². The van der Waals surface area contributed by atoms with Crippen molar-refractivity contribution in [2.75, 3.05) is 7.05 Å². The fourth-order valence-corrected chi connectivity index (χ4v) is 2.54. The van der Waals surface area contributed by atoms with Gasteiger partial charge in [0.25, 0.3) is 0 Å². The Bertz CT molecular complexity index is 628. The lowest BCUT2D eigenvalue weighted by molar-refractivity contribution is 0.300. The fraction of sp³-hybridized carbons (Fsp3) is 0.294. The van der Waals surface area contributed by atoms with Crippen molar-refractivity contribution < 1.29 is 4.74 Å². The Morgan fingerprint density at radius 1 is 1.14 bits per heavy atom. The van der Waals surface area contributed by atoms with Crippen molar-refractivity contribution in [3.05, 3.63) is 63.1 Å². The molecule has 0 saturated heterocycles. The molecule has 112 valence electrons. The quantitative estimate of drug-likeness (QED) is 0.820. The zero-order chi connectivity index (χ0) is 15.4. The van der Waals surface area contributed by atoms with Gasteiger partial charge in [-0.05, 0) is 50.7 Å². The lowest BCUT2D eigenvalue weighted by atomic mass is 10.1. The van der Waals surface area contributed by atoms with Crippen molar-refractivity contribution in [1.82, 2.24) is 5.32 Å². The number of rotatable bonds is 5. The second-order valence-electron chi connectivity index (χ2n) is 5.08. The van der Waals surface area contributed by atoms with Gasteiger partial charge >= 0.3 is 0 Å². The summed E-state index contributed by atoms with van der Waals surface area (Å²) in [6, 6.07) is 11.8. The molecule has 0 saturated carbocycles. The van der Waals surface area contributed by atoms with Gasteiger partial charge in [-0.25, -0.2) is 0 Å². The number of aryl methyl sites for hydroxylation is 1. The van der Waals surface area contributed by atoms with Crippen LogP contribution in [-0.2, 0) is 6.61 Å². The van der Waals surface area contributed by atoms with Gasteiger partial charge in [0, 0.05) is 27.2 Å². The minimum atomic E-state index is 0.159. The molecule has 21 heavy (non-hydrogen) atoms. The van der Waals surface area contributed by atoms with E-state index in [0.29, 0.717) is 11.6 Å². The SMILES string of the molecule is CNC(C)c1cc(Cl)ccc1OCc1ccc(C)cc1Cl. The van der Waals surface area contributed by atoms with Crippen molar-refractivity contribution in [2.24, 2.45) is 0 Å². The summed E-state index contributed by atoms with van der Waals surface area (Å²) in [5.41, 5.74) is 3.15. The van der Waals surface area contributed by atoms with Gasteiger partial charge in [0.2, 0.25) is 0 Å². The van der Waals surface area contributed by atoms with Crippen LogP contribution in [0, 0.1) is 6.92 Å². The maximum atomic E-state index is 6.24. The average molecular weight is 324 g/mol. The smallest absolute Gasteiger partial charge is 0.124 e. The van der Waals surface area contributed by atoms with Crippen LogP contribution >= 0.6 is 23.2 Å². The van der Waals surface area contributed by atoms with Crippen LogP contribution in [0.4, 0.5) is 0 Å². The highest BCUT2D eigenvalue weighted by Gasteiger charge is 2.11. The molecule has 0 heterocycles. The largest absolute Gasteiger partial charge is 0.489 e. The van der Waals surface area contributed by atoms with Crippen molar-refractivity contribution in [1.29, 1.82) is 0 Å². The van der Waals surface area contributed by atoms with Gasteiger partial charge < -0.3 is 10.1 Å². The first-order valence-electron chi connectivity index (χ1n) is 6.86. The molecule has 1 N–H and O–H groups in total. The molecule has 2 aromatic carbocycles. The third-order valence-corrected chi connectivity index (χ3v) is 4.05. The van der Waals surface area contributed by atoms with Crippen LogP contribution in [0.25, 0.3) is 0 Å². The molecule has 0 aliphatic rings. The van der Waals surface area contributed by atoms with Gasteiger partial charge in [-0.3, -0.25) is 0 Å². The Morgan fingerprint density at radius 3 is 2.57 bits per heavy atom. The molecule has 4 heteroatoms. The van der Waals surface area contributed by atoms with E-state index in [0.717, 1.165) is 27.5 Å². The molecular weight excluding hydrogens is 305 g/mol. The minimum Gasteiger partial charge on any atom is -0.489 e. The van der Waals surface area contributed by atoms with Gasteiger partial charge in [0.15, 0.2) is 0 Å². The van der Waals surface area contributed by atoms with Crippen LogP contribution in [0.15, 0.2) is 36.4 Å². The summed E-state index contributed by atoms with van der Waals surface area (Å²) < 4.78 is 5.94. The van der Waals surface area contributed by atoms with E-state index in [1.165, 1.54) is 0 Å². The summed E-state index contributed by atoms with van der Waals surface area (Å²) in [4.78, 5) is 0. The van der Waals surface area contributed by atoms with Crippen molar-refractivity contribution >= 4 is 23.2 Å². The fourth-order valence-electron chi connectivity index (χ4n) is 2.07. The third-order valence-electron chi connectivity index (χ3n) is 3.46. The van der Waals surface area contributed by atoms with E-state index in [-0.39, 0.29) is 6.04 Å². The van der Waals surface area contributed by atoms with Gasteiger partial charge in [-0.1, -0.05) is 35.3 Å². The van der Waals surface area contributed by atoms with Crippen molar-refractivity contribution in [3.8, 4) is 5.75 Å². The molecule has 0 amide bonds. The van der Waals surface area contributed by atoms with Crippen molar-refractivity contribution in [3.63, 3.8) is 0 Å². The molecule has 2 aromatic rings. The Morgan fingerprint density at radius 2 is 1.90 bits per heavy atom. The second kappa shape index (κ2) is 7.17. The Balaban J connectivity index is 2.19. The third kappa shape index (κ3) is 4.13. The van der Waals surface area contributed by atoms with Crippen LogP contribution in [-0.4, -0.2) is 7.05 Å². The highest BCUT2D eigenvalue weighted by atomic mass is 35.5. The molecule has 0 aliphatic carbocycles. The van der Waals surface area contributed by atoms with E-state index in [1.807, 2.05) is 50.4 Å². The van der Waals surface area contributed by atoms with E-state index < -0.39 is 0 Å². The highest BCUT2D eigenvalue weighted by molar-refractivity contribution is 6.31. The first-order chi connectivity index (χ1) is 10.0. The summed E-state index contributed by atoms with van der Waals surface area (Å²) >= 11 is 12.3. The summed E-state index contributed by atoms with van der Waals surface area (Å²) in [6.07, 6.45) is 0. The van der Waals surface area contributed by atoms with Gasteiger partial charge in [-0.15, -0.1) is 0 Å². The predicted molar refractivity (Wildman–Crippen MR) is 89.4 cm³/mol. The average Bonchev–Trinajstić information content (AvgIpc) is 2.46. The van der Waals surface area contributed by atoms with E-state index in [4.69, 9.17) is 27.9 Å². The van der Waals surface area contributed by atoms with E-state index in [1.54, 1.807) is 0 Å². The van der Waals surface area contributed by atoms with E-state index in [9.17, 15) is 0 Å². The molecule has 2 nitrogen and oxygen atoms in total. The molecule has 0 aromatic heterocycles. The maximum Gasteiger partial charge on any atom is 0.124 e. The van der Waals surface area contributed by atoms with E-state index >= 15 is 0 Å². The topological polar surface area (TPSA) is 21.3 Å². The minimum absolute atomic E-state index is 0.159. The van der Waals surface area contributed by atoms with Crippen LogP contribution in [0.5, 0.6) is 5.75 Å². The van der Waals surface area contributed by atoms with Crippen LogP contribution in [0.3, 0.4) is 0 Å². The Kier molecular flexibility index (Phi) is 5.51. The number of hydrogen-bond donors (Lipinski definition) is 1. The zero-order valence-electron chi connectivity index (χ0n) is 12.4. The van der Waals surface area contributed by atoms with Crippen LogP contribution in [0.2, 0.25) is 10.0 Å². The van der Waals surface area contributed by atoms with Crippen LogP contribution in [0.1, 0.15) is 29.7 Å². The van der Waals surface area contributed by atoms with Gasteiger partial charge in [0.05, 0.1) is 0 Å². The molecule has 0 bridgehead atoms. The molecule has 0 radical (unpaired) electrons. The highest BCUT2D eigenvalue weighted by Crippen LogP contribution is 2.29. The van der Waals surface area contributed by atoms with Gasteiger partial charge in [-0.2, -0.15) is 0 Å². The standard InChI is InChI=1S/C17H19Cl2NO/c1-11-4-5-13(16(19)8-11)10-21-17-7-6-14(18)9-15(17)12(2)20-3/h4-9,12,20H,10H2,1-3H3. The molecular formula is C17H19Cl2NO. The summed E-state index contributed by atoms with van der Waals surface area (Å²) in [7, 11) is 1.91. The first kappa shape index (κ1) is 16.2. The lowest BCUT2D eigenvalue weighted by Gasteiger charge is -2.17. The van der Waals surface area contributed by atoms with Crippen LogP contribution < -0.4 is 10.1 Å². The summed E-state index contributed by atoms with van der Waals surface area (Å²) in [5.74, 6) is 0.817. The Hall–Kier alpha value is -1.22. The number of halogens is 2. The summed E-state index contributed by atoms with van der Waals surface area (Å²) in [5, 5.41) is 4.63. The molecule has 1 atom stereocenters.